The zero-order chi connectivity index (χ0) is 17.0. The van der Waals surface area contributed by atoms with Crippen molar-refractivity contribution in [1.29, 1.82) is 0 Å². The van der Waals surface area contributed by atoms with E-state index in [2.05, 4.69) is 20.8 Å². The van der Waals surface area contributed by atoms with Crippen molar-refractivity contribution in [2.75, 3.05) is 0 Å². The van der Waals surface area contributed by atoms with Crippen LogP contribution >= 0.6 is 11.6 Å². The highest BCUT2D eigenvalue weighted by Gasteiger charge is 2.24. The lowest BCUT2D eigenvalue weighted by Gasteiger charge is -2.24. The lowest BCUT2D eigenvalue weighted by molar-refractivity contribution is -0.145. The van der Waals surface area contributed by atoms with E-state index in [1.165, 1.54) is 0 Å². The number of carboxylic acid groups (broad SMARTS) is 1. The summed E-state index contributed by atoms with van der Waals surface area (Å²) in [6.45, 7) is 6.21. The van der Waals surface area contributed by atoms with Gasteiger partial charge in [0.05, 0.1) is 0 Å². The molecule has 0 spiro atoms. The Balaban J connectivity index is 2.26. The van der Waals surface area contributed by atoms with Crippen molar-refractivity contribution in [2.24, 2.45) is 0 Å². The Morgan fingerprint density at radius 2 is 1.87 bits per heavy atom. The third-order valence-corrected chi connectivity index (χ3v) is 3.78. The highest BCUT2D eigenvalue weighted by atomic mass is 35.5. The molecule has 1 N–H and O–H groups in total. The first-order chi connectivity index (χ1) is 10.8. The van der Waals surface area contributed by atoms with Crippen LogP contribution < -0.4 is 4.74 Å². The topological polar surface area (TPSA) is 46.5 Å². The summed E-state index contributed by atoms with van der Waals surface area (Å²) in [5, 5.41) is 10.1. The first-order valence-electron chi connectivity index (χ1n) is 7.51. The molecule has 0 aliphatic rings. The number of hydrogen-bond acceptors (Lipinski definition) is 2. The average molecular weight is 333 g/mol. The number of halogens is 1. The molecule has 1 atom stereocenters. The number of carboxylic acids is 1. The van der Waals surface area contributed by atoms with Crippen LogP contribution in [0.25, 0.3) is 0 Å². The van der Waals surface area contributed by atoms with Crippen LogP contribution in [0.1, 0.15) is 31.9 Å². The SMILES string of the molecule is CC(C)(C)c1ccccc1O[C@H](Cc1cccc(Cl)c1)C(=O)O. The van der Waals surface area contributed by atoms with Gasteiger partial charge in [-0.15, -0.1) is 0 Å². The molecule has 2 rings (SSSR count). The summed E-state index contributed by atoms with van der Waals surface area (Å²) in [5.74, 6) is -0.386. The van der Waals surface area contributed by atoms with Gasteiger partial charge in [0.2, 0.25) is 0 Å². The second kappa shape index (κ2) is 7.05. The van der Waals surface area contributed by atoms with Gasteiger partial charge in [-0.3, -0.25) is 0 Å². The minimum Gasteiger partial charge on any atom is -0.478 e. The molecule has 0 aliphatic heterocycles. The summed E-state index contributed by atoms with van der Waals surface area (Å²) < 4.78 is 5.83. The minimum absolute atomic E-state index is 0.129. The van der Waals surface area contributed by atoms with Crippen molar-refractivity contribution >= 4 is 17.6 Å². The second-order valence-electron chi connectivity index (χ2n) is 6.52. The molecule has 0 radical (unpaired) electrons. The summed E-state index contributed by atoms with van der Waals surface area (Å²) in [5.41, 5.74) is 1.69. The maximum absolute atomic E-state index is 11.6. The van der Waals surface area contributed by atoms with Crippen LogP contribution in [0.4, 0.5) is 0 Å². The second-order valence-corrected chi connectivity index (χ2v) is 6.96. The fraction of sp³-hybridized carbons (Fsp3) is 0.316. The maximum atomic E-state index is 11.6. The standard InChI is InChI=1S/C19H21ClO3/c1-19(2,3)15-9-4-5-10-16(15)23-17(18(21)22)12-13-7-6-8-14(20)11-13/h4-11,17H,12H2,1-3H3,(H,21,22)/t17-/m1/s1. The Morgan fingerprint density at radius 3 is 2.48 bits per heavy atom. The molecule has 2 aromatic rings. The van der Waals surface area contributed by atoms with Crippen LogP contribution in [0.5, 0.6) is 5.75 Å². The quantitative estimate of drug-likeness (QED) is 0.862. The molecule has 23 heavy (non-hydrogen) atoms. The van der Waals surface area contributed by atoms with Crippen LogP contribution in [-0.4, -0.2) is 17.2 Å². The van der Waals surface area contributed by atoms with E-state index in [4.69, 9.17) is 16.3 Å². The molecular formula is C19H21ClO3. The molecule has 2 aromatic carbocycles. The first-order valence-corrected chi connectivity index (χ1v) is 7.88. The monoisotopic (exact) mass is 332 g/mol. The summed E-state index contributed by atoms with van der Waals surface area (Å²) >= 11 is 5.96. The molecule has 0 amide bonds. The fourth-order valence-electron chi connectivity index (χ4n) is 2.40. The molecule has 0 fully saturated rings. The van der Waals surface area contributed by atoms with Crippen LogP contribution in [0, 0.1) is 0 Å². The molecular weight excluding hydrogens is 312 g/mol. The van der Waals surface area contributed by atoms with Crippen molar-refractivity contribution in [3.63, 3.8) is 0 Å². The number of rotatable bonds is 5. The van der Waals surface area contributed by atoms with Crippen LogP contribution in [-0.2, 0) is 16.6 Å². The van der Waals surface area contributed by atoms with Gasteiger partial charge in [-0.05, 0) is 34.7 Å². The summed E-state index contributed by atoms with van der Waals surface area (Å²) in [6, 6.07) is 14.7. The van der Waals surface area contributed by atoms with E-state index in [0.29, 0.717) is 10.8 Å². The van der Waals surface area contributed by atoms with Crippen LogP contribution in [0.2, 0.25) is 5.02 Å². The van der Waals surface area contributed by atoms with Gasteiger partial charge in [-0.2, -0.15) is 0 Å². The molecule has 0 aromatic heterocycles. The van der Waals surface area contributed by atoms with Gasteiger partial charge in [0.25, 0.3) is 0 Å². The average Bonchev–Trinajstić information content (AvgIpc) is 2.46. The molecule has 0 unspecified atom stereocenters. The zero-order valence-electron chi connectivity index (χ0n) is 13.5. The van der Waals surface area contributed by atoms with Crippen molar-refractivity contribution in [3.8, 4) is 5.75 Å². The summed E-state index contributed by atoms with van der Waals surface area (Å²) in [4.78, 5) is 11.6. The smallest absolute Gasteiger partial charge is 0.345 e. The first kappa shape index (κ1) is 17.4. The molecule has 122 valence electrons. The van der Waals surface area contributed by atoms with E-state index in [1.54, 1.807) is 18.2 Å². The Hall–Kier alpha value is -2.00. The number of para-hydroxylation sites is 1. The molecule has 0 aliphatic carbocycles. The lowest BCUT2D eigenvalue weighted by atomic mass is 9.86. The number of carbonyl (C=O) groups is 1. The maximum Gasteiger partial charge on any atom is 0.345 e. The zero-order valence-corrected chi connectivity index (χ0v) is 14.3. The third-order valence-electron chi connectivity index (χ3n) is 3.55. The van der Waals surface area contributed by atoms with Gasteiger partial charge in [0.1, 0.15) is 5.75 Å². The predicted molar refractivity (Wildman–Crippen MR) is 92.3 cm³/mol. The lowest BCUT2D eigenvalue weighted by Crippen LogP contribution is -2.30. The summed E-state index contributed by atoms with van der Waals surface area (Å²) in [7, 11) is 0. The Labute approximate surface area is 141 Å². The highest BCUT2D eigenvalue weighted by Crippen LogP contribution is 2.32. The Kier molecular flexibility index (Phi) is 5.32. The Morgan fingerprint density at radius 1 is 1.17 bits per heavy atom. The van der Waals surface area contributed by atoms with E-state index >= 15 is 0 Å². The number of hydrogen-bond donors (Lipinski definition) is 1. The van der Waals surface area contributed by atoms with E-state index in [-0.39, 0.29) is 11.8 Å². The van der Waals surface area contributed by atoms with Crippen LogP contribution in [0.15, 0.2) is 48.5 Å². The van der Waals surface area contributed by atoms with E-state index < -0.39 is 12.1 Å². The molecule has 0 bridgehead atoms. The fourth-order valence-corrected chi connectivity index (χ4v) is 2.61. The molecule has 3 nitrogen and oxygen atoms in total. The Bertz CT molecular complexity index is 689. The number of aliphatic carboxylic acids is 1. The largest absolute Gasteiger partial charge is 0.478 e. The van der Waals surface area contributed by atoms with Crippen molar-refractivity contribution in [3.05, 3.63) is 64.7 Å². The minimum atomic E-state index is -0.992. The van der Waals surface area contributed by atoms with Crippen molar-refractivity contribution < 1.29 is 14.6 Å². The van der Waals surface area contributed by atoms with Gasteiger partial charge in [0.15, 0.2) is 6.10 Å². The van der Waals surface area contributed by atoms with E-state index in [0.717, 1.165) is 11.1 Å². The highest BCUT2D eigenvalue weighted by molar-refractivity contribution is 6.30. The molecule has 4 heteroatoms. The van der Waals surface area contributed by atoms with Crippen molar-refractivity contribution in [2.45, 2.75) is 38.7 Å². The molecule has 0 heterocycles. The van der Waals surface area contributed by atoms with Gasteiger partial charge in [-0.1, -0.05) is 62.7 Å². The molecule has 0 saturated heterocycles. The van der Waals surface area contributed by atoms with Gasteiger partial charge in [-0.25, -0.2) is 4.79 Å². The van der Waals surface area contributed by atoms with E-state index in [9.17, 15) is 9.90 Å². The normalized spacial score (nSPS) is 12.7. The molecule has 0 saturated carbocycles. The summed E-state index contributed by atoms with van der Waals surface area (Å²) in [6.07, 6.45) is -0.703. The number of benzene rings is 2. The number of ether oxygens (including phenoxy) is 1. The van der Waals surface area contributed by atoms with Crippen LogP contribution in [0.3, 0.4) is 0 Å². The van der Waals surface area contributed by atoms with Gasteiger partial charge in [0, 0.05) is 11.4 Å². The van der Waals surface area contributed by atoms with Crippen molar-refractivity contribution in [1.82, 2.24) is 0 Å². The van der Waals surface area contributed by atoms with E-state index in [1.807, 2.05) is 30.3 Å². The van der Waals surface area contributed by atoms with Gasteiger partial charge < -0.3 is 9.84 Å². The predicted octanol–water partition coefficient (Wildman–Crippen LogP) is 4.71. The third kappa shape index (κ3) is 4.73. The van der Waals surface area contributed by atoms with Gasteiger partial charge >= 0.3 is 5.97 Å².